The zero-order valence-corrected chi connectivity index (χ0v) is 13.4. The largest absolute Gasteiger partial charge is 0.394 e. The van der Waals surface area contributed by atoms with E-state index in [0.29, 0.717) is 29.2 Å². The molecule has 1 fully saturated rings. The third-order valence-electron chi connectivity index (χ3n) is 3.65. The fourth-order valence-electron chi connectivity index (χ4n) is 2.65. The highest BCUT2D eigenvalue weighted by molar-refractivity contribution is 7.89. The lowest BCUT2D eigenvalue weighted by molar-refractivity contribution is -0.0304. The fraction of sp³-hybridized carbons (Fsp3) is 0.571. The van der Waals surface area contributed by atoms with E-state index in [-0.39, 0.29) is 13.2 Å². The van der Waals surface area contributed by atoms with Crippen LogP contribution in [0, 0.1) is 13.8 Å². The van der Waals surface area contributed by atoms with E-state index in [1.165, 1.54) is 4.31 Å². The van der Waals surface area contributed by atoms with Gasteiger partial charge in [0.1, 0.15) is 0 Å². The smallest absolute Gasteiger partial charge is 0.243 e. The van der Waals surface area contributed by atoms with Gasteiger partial charge in [0.15, 0.2) is 0 Å². The maximum absolute atomic E-state index is 12.9. The number of ether oxygens (including phenoxy) is 1. The number of anilines is 1. The van der Waals surface area contributed by atoms with Crippen LogP contribution in [0.3, 0.4) is 0 Å². The molecule has 1 heterocycles. The number of hydrogen-bond donors (Lipinski definition) is 2. The zero-order valence-electron chi connectivity index (χ0n) is 12.6. The molecule has 7 heteroatoms. The van der Waals surface area contributed by atoms with Crippen LogP contribution in [0.2, 0.25) is 0 Å². The van der Waals surface area contributed by atoms with Gasteiger partial charge >= 0.3 is 0 Å². The number of aliphatic hydroxyl groups is 1. The topological polar surface area (TPSA) is 78.9 Å². The van der Waals surface area contributed by atoms with Gasteiger partial charge in [0.05, 0.1) is 24.2 Å². The molecule has 0 amide bonds. The normalized spacial score (nSPS) is 20.5. The van der Waals surface area contributed by atoms with Crippen molar-refractivity contribution in [2.24, 2.45) is 0 Å². The lowest BCUT2D eigenvalue weighted by Gasteiger charge is -2.32. The predicted octanol–water partition coefficient (Wildman–Crippen LogP) is 0.727. The van der Waals surface area contributed by atoms with Crippen molar-refractivity contribution in [2.75, 3.05) is 38.7 Å². The Labute approximate surface area is 125 Å². The van der Waals surface area contributed by atoms with Crippen LogP contribution >= 0.6 is 0 Å². The molecule has 0 bridgehead atoms. The molecule has 1 aliphatic rings. The molecule has 6 nitrogen and oxygen atoms in total. The van der Waals surface area contributed by atoms with E-state index >= 15 is 0 Å². The first kappa shape index (κ1) is 16.2. The molecule has 1 aromatic carbocycles. The Morgan fingerprint density at radius 3 is 2.52 bits per heavy atom. The van der Waals surface area contributed by atoms with Gasteiger partial charge in [-0.15, -0.1) is 0 Å². The number of aliphatic hydroxyl groups excluding tert-OH is 1. The van der Waals surface area contributed by atoms with E-state index in [1.807, 2.05) is 12.1 Å². The molecule has 1 unspecified atom stereocenters. The summed E-state index contributed by atoms with van der Waals surface area (Å²) in [6.45, 7) is 4.21. The molecule has 0 aromatic heterocycles. The van der Waals surface area contributed by atoms with Crippen LogP contribution in [-0.2, 0) is 14.8 Å². The summed E-state index contributed by atoms with van der Waals surface area (Å²) in [5, 5.41) is 12.2. The van der Waals surface area contributed by atoms with Crippen LogP contribution in [-0.4, -0.2) is 57.3 Å². The molecule has 1 aromatic rings. The molecule has 0 aliphatic carbocycles. The SMILES string of the molecule is CNc1cc(C)c(S(=O)(=O)N2CCOC(CO)C2)c(C)c1. The maximum atomic E-state index is 12.9. The third-order valence-corrected chi connectivity index (χ3v) is 5.82. The number of hydrogen-bond acceptors (Lipinski definition) is 5. The summed E-state index contributed by atoms with van der Waals surface area (Å²) < 4.78 is 32.4. The Kier molecular flexibility index (Phi) is 4.88. The summed E-state index contributed by atoms with van der Waals surface area (Å²) in [6, 6.07) is 3.65. The molecule has 1 atom stereocenters. The summed E-state index contributed by atoms with van der Waals surface area (Å²) >= 11 is 0. The van der Waals surface area contributed by atoms with E-state index < -0.39 is 16.1 Å². The number of benzene rings is 1. The van der Waals surface area contributed by atoms with Crippen LogP contribution in [0.1, 0.15) is 11.1 Å². The molecule has 2 N–H and O–H groups in total. The average molecular weight is 314 g/mol. The summed E-state index contributed by atoms with van der Waals surface area (Å²) in [4.78, 5) is 0.347. The second-order valence-electron chi connectivity index (χ2n) is 5.23. The van der Waals surface area contributed by atoms with E-state index in [2.05, 4.69) is 5.32 Å². The van der Waals surface area contributed by atoms with Crippen LogP contribution in [0.25, 0.3) is 0 Å². The van der Waals surface area contributed by atoms with Crippen molar-refractivity contribution in [3.63, 3.8) is 0 Å². The minimum atomic E-state index is -3.58. The van der Waals surface area contributed by atoms with Gasteiger partial charge in [-0.25, -0.2) is 8.42 Å². The first-order chi connectivity index (χ1) is 9.90. The number of sulfonamides is 1. The Morgan fingerprint density at radius 2 is 2.00 bits per heavy atom. The Hall–Kier alpha value is -1.15. The Morgan fingerprint density at radius 1 is 1.38 bits per heavy atom. The quantitative estimate of drug-likeness (QED) is 0.856. The highest BCUT2D eigenvalue weighted by atomic mass is 32.2. The van der Waals surface area contributed by atoms with Crippen molar-refractivity contribution in [3.8, 4) is 0 Å². The van der Waals surface area contributed by atoms with Gasteiger partial charge in [0.25, 0.3) is 0 Å². The molecule has 1 saturated heterocycles. The second-order valence-corrected chi connectivity index (χ2v) is 7.10. The molecular formula is C14H22N2O4S. The molecule has 0 radical (unpaired) electrons. The molecule has 0 spiro atoms. The highest BCUT2D eigenvalue weighted by Gasteiger charge is 2.32. The van der Waals surface area contributed by atoms with Crippen molar-refractivity contribution >= 4 is 15.7 Å². The van der Waals surface area contributed by atoms with Crippen LogP contribution < -0.4 is 5.32 Å². The number of morpholine rings is 1. The zero-order chi connectivity index (χ0) is 15.6. The van der Waals surface area contributed by atoms with Gasteiger partial charge in [-0.1, -0.05) is 0 Å². The minimum absolute atomic E-state index is 0.178. The summed E-state index contributed by atoms with van der Waals surface area (Å²) in [5.74, 6) is 0. The number of nitrogens with zero attached hydrogens (tertiary/aromatic N) is 1. The van der Waals surface area contributed by atoms with E-state index in [4.69, 9.17) is 9.84 Å². The highest BCUT2D eigenvalue weighted by Crippen LogP contribution is 2.28. The van der Waals surface area contributed by atoms with Crippen LogP contribution in [0.5, 0.6) is 0 Å². The molecule has 2 rings (SSSR count). The summed E-state index contributed by atoms with van der Waals surface area (Å²) in [5.41, 5.74) is 2.32. The van der Waals surface area contributed by atoms with Gasteiger partial charge < -0.3 is 15.2 Å². The fourth-order valence-corrected chi connectivity index (χ4v) is 4.52. The molecule has 1 aliphatic heterocycles. The molecule has 0 saturated carbocycles. The van der Waals surface area contributed by atoms with Crippen molar-refractivity contribution in [1.82, 2.24) is 4.31 Å². The van der Waals surface area contributed by atoms with Crippen LogP contribution in [0.4, 0.5) is 5.69 Å². The van der Waals surface area contributed by atoms with Gasteiger partial charge in [-0.2, -0.15) is 4.31 Å². The maximum Gasteiger partial charge on any atom is 0.243 e. The van der Waals surface area contributed by atoms with Crippen molar-refractivity contribution in [3.05, 3.63) is 23.3 Å². The van der Waals surface area contributed by atoms with Gasteiger partial charge in [0, 0.05) is 25.8 Å². The number of rotatable bonds is 4. The Bertz CT molecular complexity index is 592. The van der Waals surface area contributed by atoms with E-state index in [9.17, 15) is 8.42 Å². The average Bonchev–Trinajstić information content (AvgIpc) is 2.46. The number of nitrogens with one attached hydrogen (secondary N) is 1. The lowest BCUT2D eigenvalue weighted by atomic mass is 10.1. The first-order valence-electron chi connectivity index (χ1n) is 6.91. The summed E-state index contributed by atoms with van der Waals surface area (Å²) in [7, 11) is -1.78. The molecule has 21 heavy (non-hydrogen) atoms. The first-order valence-corrected chi connectivity index (χ1v) is 8.35. The van der Waals surface area contributed by atoms with Gasteiger partial charge in [-0.3, -0.25) is 0 Å². The third kappa shape index (κ3) is 3.21. The molecule has 118 valence electrons. The summed E-state index contributed by atoms with van der Waals surface area (Å²) in [6.07, 6.45) is -0.453. The standard InChI is InChI=1S/C14H22N2O4S/c1-10-6-12(15-3)7-11(2)14(10)21(18,19)16-4-5-20-13(8-16)9-17/h6-7,13,15,17H,4-5,8-9H2,1-3H3. The van der Waals surface area contributed by atoms with Crippen molar-refractivity contribution in [2.45, 2.75) is 24.8 Å². The lowest BCUT2D eigenvalue weighted by Crippen LogP contribution is -2.47. The predicted molar refractivity (Wildman–Crippen MR) is 81.0 cm³/mol. The van der Waals surface area contributed by atoms with Crippen LogP contribution in [0.15, 0.2) is 17.0 Å². The van der Waals surface area contributed by atoms with Gasteiger partial charge in [0.2, 0.25) is 10.0 Å². The monoisotopic (exact) mass is 314 g/mol. The van der Waals surface area contributed by atoms with Crippen molar-refractivity contribution in [1.29, 1.82) is 0 Å². The van der Waals surface area contributed by atoms with E-state index in [0.717, 1.165) is 5.69 Å². The van der Waals surface area contributed by atoms with Gasteiger partial charge in [-0.05, 0) is 37.1 Å². The number of aryl methyl sites for hydroxylation is 2. The van der Waals surface area contributed by atoms with Crippen molar-refractivity contribution < 1.29 is 18.3 Å². The Balaban J connectivity index is 2.40. The minimum Gasteiger partial charge on any atom is -0.394 e. The second kappa shape index (κ2) is 6.31. The molecular weight excluding hydrogens is 292 g/mol. The van der Waals surface area contributed by atoms with E-state index in [1.54, 1.807) is 20.9 Å².